The minimum atomic E-state index is 0.282. The highest BCUT2D eigenvalue weighted by Crippen LogP contribution is 2.28. The van der Waals surface area contributed by atoms with Crippen molar-refractivity contribution in [3.05, 3.63) is 23.0 Å². The van der Waals surface area contributed by atoms with Crippen molar-refractivity contribution in [1.29, 1.82) is 0 Å². The Hall–Kier alpha value is -1.66. The summed E-state index contributed by atoms with van der Waals surface area (Å²) in [6.07, 6.45) is 3.33. The lowest BCUT2D eigenvalue weighted by Gasteiger charge is -2.19. The van der Waals surface area contributed by atoms with Crippen LogP contribution in [0, 0.1) is 13.8 Å². The summed E-state index contributed by atoms with van der Waals surface area (Å²) in [5, 5.41) is 8.41. The Labute approximate surface area is 149 Å². The molecule has 0 aromatic carbocycles. The third-order valence-electron chi connectivity index (χ3n) is 4.81. The van der Waals surface area contributed by atoms with Gasteiger partial charge in [-0.25, -0.2) is 4.98 Å². The van der Waals surface area contributed by atoms with E-state index in [-0.39, 0.29) is 6.10 Å². The summed E-state index contributed by atoms with van der Waals surface area (Å²) in [6, 6.07) is 2.13. The van der Waals surface area contributed by atoms with E-state index in [1.807, 2.05) is 4.52 Å². The smallest absolute Gasteiger partial charge is 0.157 e. The van der Waals surface area contributed by atoms with Crippen molar-refractivity contribution in [2.45, 2.75) is 59.0 Å². The molecular formula is C19H30N4O2. The summed E-state index contributed by atoms with van der Waals surface area (Å²) >= 11 is 0. The Morgan fingerprint density at radius 2 is 2.08 bits per heavy atom. The van der Waals surface area contributed by atoms with Gasteiger partial charge < -0.3 is 14.8 Å². The van der Waals surface area contributed by atoms with Crippen LogP contribution in [0.5, 0.6) is 0 Å². The molecule has 6 nitrogen and oxygen atoms in total. The van der Waals surface area contributed by atoms with Crippen molar-refractivity contribution < 1.29 is 9.47 Å². The molecule has 0 spiro atoms. The van der Waals surface area contributed by atoms with E-state index in [4.69, 9.17) is 19.6 Å². The van der Waals surface area contributed by atoms with E-state index >= 15 is 0 Å². The molecule has 1 saturated heterocycles. The first-order chi connectivity index (χ1) is 12.1. The number of hydrogen-bond donors (Lipinski definition) is 1. The maximum atomic E-state index is 5.62. The predicted octanol–water partition coefficient (Wildman–Crippen LogP) is 3.47. The molecule has 1 aliphatic rings. The van der Waals surface area contributed by atoms with E-state index in [0.29, 0.717) is 5.92 Å². The van der Waals surface area contributed by atoms with Gasteiger partial charge in [0.25, 0.3) is 0 Å². The van der Waals surface area contributed by atoms with E-state index in [0.717, 1.165) is 74.0 Å². The molecule has 1 aliphatic heterocycles. The van der Waals surface area contributed by atoms with Crippen LogP contribution < -0.4 is 5.32 Å². The number of aryl methyl sites for hydroxylation is 1. The van der Waals surface area contributed by atoms with Crippen molar-refractivity contribution in [2.24, 2.45) is 0 Å². The molecule has 2 aromatic rings. The quantitative estimate of drug-likeness (QED) is 0.778. The average molecular weight is 346 g/mol. The summed E-state index contributed by atoms with van der Waals surface area (Å²) in [7, 11) is 0. The number of fused-ring (bicyclic) bond motifs is 1. The Morgan fingerprint density at radius 3 is 2.80 bits per heavy atom. The largest absolute Gasteiger partial charge is 0.381 e. The van der Waals surface area contributed by atoms with Crippen LogP contribution in [0.1, 0.15) is 56.0 Å². The molecule has 25 heavy (non-hydrogen) atoms. The molecule has 138 valence electrons. The van der Waals surface area contributed by atoms with Crippen LogP contribution >= 0.6 is 0 Å². The number of nitrogens with one attached hydrogen (secondary N) is 1. The molecule has 0 aliphatic carbocycles. The van der Waals surface area contributed by atoms with Crippen molar-refractivity contribution in [3.63, 3.8) is 0 Å². The first-order valence-electron chi connectivity index (χ1n) is 9.36. The van der Waals surface area contributed by atoms with Crippen LogP contribution in [0.4, 0.5) is 5.82 Å². The van der Waals surface area contributed by atoms with Gasteiger partial charge in [-0.3, -0.25) is 0 Å². The van der Waals surface area contributed by atoms with E-state index in [2.05, 4.69) is 39.1 Å². The van der Waals surface area contributed by atoms with E-state index in [1.165, 1.54) is 0 Å². The summed E-state index contributed by atoms with van der Waals surface area (Å²) in [6.45, 7) is 11.6. The monoisotopic (exact) mass is 346 g/mol. The molecular weight excluding hydrogens is 316 g/mol. The number of anilines is 1. The van der Waals surface area contributed by atoms with Crippen LogP contribution in [0.3, 0.4) is 0 Å². The normalized spacial score (nSPS) is 16.0. The lowest BCUT2D eigenvalue weighted by atomic mass is 9.97. The van der Waals surface area contributed by atoms with Crippen molar-refractivity contribution in [2.75, 3.05) is 31.7 Å². The zero-order valence-corrected chi connectivity index (χ0v) is 15.8. The summed E-state index contributed by atoms with van der Waals surface area (Å²) in [5.41, 5.74) is 4.25. The van der Waals surface area contributed by atoms with Gasteiger partial charge >= 0.3 is 0 Å². The fourth-order valence-electron chi connectivity index (χ4n) is 3.22. The maximum Gasteiger partial charge on any atom is 0.157 e. The zero-order valence-electron chi connectivity index (χ0n) is 15.8. The SMILES string of the molecule is Cc1nc2cc(C3CCOCC3)nn2c(NCCCOC(C)C)c1C. The second kappa shape index (κ2) is 8.15. The number of hydrogen-bond acceptors (Lipinski definition) is 5. The fourth-order valence-corrected chi connectivity index (χ4v) is 3.22. The second-order valence-corrected chi connectivity index (χ2v) is 7.10. The van der Waals surface area contributed by atoms with E-state index in [1.54, 1.807) is 0 Å². The van der Waals surface area contributed by atoms with Gasteiger partial charge in [0.2, 0.25) is 0 Å². The van der Waals surface area contributed by atoms with Crippen LogP contribution in [0.25, 0.3) is 5.65 Å². The third kappa shape index (κ3) is 4.30. The molecule has 0 saturated carbocycles. The molecule has 1 N–H and O–H groups in total. The number of rotatable bonds is 7. The molecule has 3 heterocycles. The van der Waals surface area contributed by atoms with Gasteiger partial charge in [0, 0.05) is 49.6 Å². The Morgan fingerprint density at radius 1 is 1.32 bits per heavy atom. The molecule has 0 radical (unpaired) electrons. The fraction of sp³-hybridized carbons (Fsp3) is 0.684. The first-order valence-corrected chi connectivity index (χ1v) is 9.36. The van der Waals surface area contributed by atoms with Gasteiger partial charge in [-0.05, 0) is 47.0 Å². The van der Waals surface area contributed by atoms with Crippen LogP contribution in [-0.4, -0.2) is 47.1 Å². The number of aromatic nitrogens is 3. The molecule has 0 unspecified atom stereocenters. The summed E-state index contributed by atoms with van der Waals surface area (Å²) in [5.74, 6) is 1.52. The highest BCUT2D eigenvalue weighted by atomic mass is 16.5. The molecule has 0 amide bonds. The van der Waals surface area contributed by atoms with Gasteiger partial charge in [0.15, 0.2) is 5.65 Å². The standard InChI is InChI=1S/C19H30N4O2/c1-13(2)25-9-5-8-20-19-14(3)15(4)21-18-12-17(22-23(18)19)16-6-10-24-11-7-16/h12-13,16,20H,5-11H2,1-4H3. The third-order valence-corrected chi connectivity index (χ3v) is 4.81. The van der Waals surface area contributed by atoms with Crippen LogP contribution in [0.15, 0.2) is 6.07 Å². The number of ether oxygens (including phenoxy) is 2. The van der Waals surface area contributed by atoms with Crippen LogP contribution in [-0.2, 0) is 9.47 Å². The Balaban J connectivity index is 1.78. The second-order valence-electron chi connectivity index (χ2n) is 7.10. The predicted molar refractivity (Wildman–Crippen MR) is 99.4 cm³/mol. The van der Waals surface area contributed by atoms with Gasteiger partial charge in [0.05, 0.1) is 11.8 Å². The lowest BCUT2D eigenvalue weighted by molar-refractivity contribution is 0.0787. The highest BCUT2D eigenvalue weighted by molar-refractivity contribution is 5.55. The molecule has 6 heteroatoms. The molecule has 2 aromatic heterocycles. The zero-order chi connectivity index (χ0) is 17.8. The topological polar surface area (TPSA) is 60.7 Å². The average Bonchev–Trinajstić information content (AvgIpc) is 3.01. The first kappa shape index (κ1) is 18.1. The van der Waals surface area contributed by atoms with E-state index < -0.39 is 0 Å². The Bertz CT molecular complexity index is 705. The van der Waals surface area contributed by atoms with Crippen molar-refractivity contribution in [1.82, 2.24) is 14.6 Å². The van der Waals surface area contributed by atoms with Crippen LogP contribution in [0.2, 0.25) is 0 Å². The number of nitrogens with zero attached hydrogens (tertiary/aromatic N) is 3. The Kier molecular flexibility index (Phi) is 5.91. The van der Waals surface area contributed by atoms with Gasteiger partial charge in [-0.15, -0.1) is 0 Å². The summed E-state index contributed by atoms with van der Waals surface area (Å²) < 4.78 is 13.1. The van der Waals surface area contributed by atoms with Gasteiger partial charge in [-0.1, -0.05) is 0 Å². The van der Waals surface area contributed by atoms with E-state index in [9.17, 15) is 0 Å². The highest BCUT2D eigenvalue weighted by Gasteiger charge is 2.21. The minimum Gasteiger partial charge on any atom is -0.381 e. The van der Waals surface area contributed by atoms with Gasteiger partial charge in [0.1, 0.15) is 5.82 Å². The maximum absolute atomic E-state index is 5.62. The van der Waals surface area contributed by atoms with Gasteiger partial charge in [-0.2, -0.15) is 9.61 Å². The molecule has 0 atom stereocenters. The molecule has 0 bridgehead atoms. The summed E-state index contributed by atoms with van der Waals surface area (Å²) in [4.78, 5) is 4.72. The molecule has 3 rings (SSSR count). The minimum absolute atomic E-state index is 0.282. The molecule has 1 fully saturated rings. The van der Waals surface area contributed by atoms with Crippen molar-refractivity contribution >= 4 is 11.5 Å². The van der Waals surface area contributed by atoms with Crippen molar-refractivity contribution in [3.8, 4) is 0 Å². The lowest BCUT2D eigenvalue weighted by Crippen LogP contribution is -2.15.